The van der Waals surface area contributed by atoms with Crippen LogP contribution >= 0.6 is 0 Å². The summed E-state index contributed by atoms with van der Waals surface area (Å²) in [6.45, 7) is 3.81. The van der Waals surface area contributed by atoms with Crippen LogP contribution in [0, 0.1) is 17.8 Å². The largest absolute Gasteiger partial charge is 0.394 e. The minimum Gasteiger partial charge on any atom is -0.394 e. The molecule has 1 heterocycles. The minimum absolute atomic E-state index is 0.0184. The van der Waals surface area contributed by atoms with Crippen LogP contribution in [0.4, 0.5) is 0 Å². The third kappa shape index (κ3) is 4.30. The van der Waals surface area contributed by atoms with Gasteiger partial charge >= 0.3 is 0 Å². The number of ether oxygens (including phenoxy) is 2. The van der Waals surface area contributed by atoms with Crippen LogP contribution in [0.3, 0.4) is 0 Å². The van der Waals surface area contributed by atoms with Crippen molar-refractivity contribution in [2.45, 2.75) is 94.0 Å². The van der Waals surface area contributed by atoms with Crippen molar-refractivity contribution in [3.05, 3.63) is 0 Å². The lowest BCUT2D eigenvalue weighted by Gasteiger charge is -2.45. The van der Waals surface area contributed by atoms with E-state index >= 15 is 0 Å². The summed E-state index contributed by atoms with van der Waals surface area (Å²) < 4.78 is 11.5. The van der Waals surface area contributed by atoms with E-state index in [1.807, 2.05) is 0 Å². The van der Waals surface area contributed by atoms with E-state index in [4.69, 9.17) is 9.47 Å². The molecule has 3 aliphatic rings. The van der Waals surface area contributed by atoms with Gasteiger partial charge in [-0.25, -0.2) is 0 Å². The Morgan fingerprint density at radius 3 is 2.32 bits per heavy atom. The van der Waals surface area contributed by atoms with E-state index in [1.165, 1.54) is 6.92 Å². The van der Waals surface area contributed by atoms with Crippen LogP contribution in [0.5, 0.6) is 0 Å². The molecule has 0 amide bonds. The fourth-order valence-corrected chi connectivity index (χ4v) is 5.53. The highest BCUT2D eigenvalue weighted by Gasteiger charge is 2.60. The van der Waals surface area contributed by atoms with Crippen molar-refractivity contribution >= 4 is 5.78 Å². The van der Waals surface area contributed by atoms with Gasteiger partial charge in [-0.1, -0.05) is 0 Å². The molecule has 7 N–H and O–H groups in total. The number of carbonyl (C=O) groups is 1. The summed E-state index contributed by atoms with van der Waals surface area (Å²) in [5, 5.41) is 71.5. The Hall–Kier alpha value is -0.690. The van der Waals surface area contributed by atoms with Crippen molar-refractivity contribution in [3.8, 4) is 0 Å². The van der Waals surface area contributed by atoms with E-state index in [0.717, 1.165) is 0 Å². The Kier molecular flexibility index (Phi) is 6.91. The van der Waals surface area contributed by atoms with Crippen LogP contribution in [0.1, 0.15) is 46.5 Å². The fraction of sp³-hybridized carbons (Fsp3) is 0.952. The molecule has 0 bridgehead atoms. The van der Waals surface area contributed by atoms with Crippen LogP contribution in [-0.2, 0) is 14.3 Å². The second-order valence-corrected chi connectivity index (χ2v) is 10.1. The summed E-state index contributed by atoms with van der Waals surface area (Å²) in [7, 11) is 0. The summed E-state index contributed by atoms with van der Waals surface area (Å²) in [4.78, 5) is 12.4. The van der Waals surface area contributed by atoms with E-state index in [2.05, 4.69) is 0 Å². The first-order chi connectivity index (χ1) is 14.3. The van der Waals surface area contributed by atoms with Crippen LogP contribution in [-0.4, -0.2) is 102 Å². The number of rotatable bonds is 5. The van der Waals surface area contributed by atoms with Gasteiger partial charge in [0.15, 0.2) is 12.1 Å². The van der Waals surface area contributed by atoms with Crippen LogP contribution in [0.25, 0.3) is 0 Å². The van der Waals surface area contributed by atoms with Gasteiger partial charge in [-0.2, -0.15) is 0 Å². The number of hydrogen-bond donors (Lipinski definition) is 7. The number of hydrogen-bond acceptors (Lipinski definition) is 10. The van der Waals surface area contributed by atoms with E-state index in [1.54, 1.807) is 13.8 Å². The Morgan fingerprint density at radius 1 is 1.10 bits per heavy atom. The zero-order valence-electron chi connectivity index (χ0n) is 18.2. The molecule has 0 spiro atoms. The van der Waals surface area contributed by atoms with Gasteiger partial charge in [0.1, 0.15) is 30.0 Å². The van der Waals surface area contributed by atoms with Crippen molar-refractivity contribution in [1.29, 1.82) is 0 Å². The zero-order chi connectivity index (χ0) is 23.4. The van der Waals surface area contributed by atoms with Crippen molar-refractivity contribution in [2.75, 3.05) is 13.2 Å². The SMILES string of the molecule is CC(C)(O[C@H]1O[C@@H](CO)[C@H](O)[C@@H](O)[C@@H]1O)[C@@H]1CC[C@](O)(CO)[C@@H]2CC(=O)[C@@](C)(O)[C@H]2C1. The molecule has 1 saturated heterocycles. The summed E-state index contributed by atoms with van der Waals surface area (Å²) in [6.07, 6.45) is -6.14. The average Bonchev–Trinajstić information content (AvgIpc) is 2.84. The Balaban J connectivity index is 1.83. The molecule has 2 aliphatic carbocycles. The summed E-state index contributed by atoms with van der Waals surface area (Å²) in [5.74, 6) is -1.86. The zero-order valence-corrected chi connectivity index (χ0v) is 18.2. The summed E-state index contributed by atoms with van der Waals surface area (Å²) >= 11 is 0. The van der Waals surface area contributed by atoms with Gasteiger partial charge in [0, 0.05) is 18.3 Å². The first-order valence-corrected chi connectivity index (χ1v) is 10.9. The maximum atomic E-state index is 12.4. The molecule has 10 heteroatoms. The topological polar surface area (TPSA) is 177 Å². The molecule has 10 atom stereocenters. The number of fused-ring (bicyclic) bond motifs is 1. The minimum atomic E-state index is -1.64. The normalized spacial score (nSPS) is 49.0. The molecule has 3 rings (SSSR count). The Morgan fingerprint density at radius 2 is 1.74 bits per heavy atom. The summed E-state index contributed by atoms with van der Waals surface area (Å²) in [6, 6.07) is 0. The predicted molar refractivity (Wildman–Crippen MR) is 106 cm³/mol. The van der Waals surface area contributed by atoms with Gasteiger partial charge in [0.05, 0.1) is 24.4 Å². The van der Waals surface area contributed by atoms with E-state index in [9.17, 15) is 40.5 Å². The van der Waals surface area contributed by atoms with Crippen molar-refractivity contribution in [2.24, 2.45) is 17.8 Å². The Labute approximate surface area is 181 Å². The maximum Gasteiger partial charge on any atom is 0.187 e. The monoisotopic (exact) mass is 448 g/mol. The quantitative estimate of drug-likeness (QED) is 0.250. The lowest BCUT2D eigenvalue weighted by atomic mass is 9.74. The summed E-state index contributed by atoms with van der Waals surface area (Å²) in [5.41, 5.74) is -4.15. The van der Waals surface area contributed by atoms with Gasteiger partial charge in [0.2, 0.25) is 0 Å². The highest BCUT2D eigenvalue weighted by molar-refractivity contribution is 5.89. The lowest BCUT2D eigenvalue weighted by molar-refractivity contribution is -0.329. The highest BCUT2D eigenvalue weighted by Crippen LogP contribution is 2.52. The van der Waals surface area contributed by atoms with Crippen LogP contribution in [0.2, 0.25) is 0 Å². The molecular weight excluding hydrogens is 412 g/mol. The molecule has 2 saturated carbocycles. The van der Waals surface area contributed by atoms with Crippen LogP contribution < -0.4 is 0 Å². The van der Waals surface area contributed by atoms with Gasteiger partial charge in [-0.05, 0) is 46.0 Å². The molecule has 31 heavy (non-hydrogen) atoms. The molecule has 0 aromatic heterocycles. The average molecular weight is 449 g/mol. The molecule has 10 nitrogen and oxygen atoms in total. The second-order valence-electron chi connectivity index (χ2n) is 10.1. The molecule has 3 fully saturated rings. The van der Waals surface area contributed by atoms with Crippen molar-refractivity contribution in [3.63, 3.8) is 0 Å². The smallest absolute Gasteiger partial charge is 0.187 e. The standard InChI is InChI=1S/C21H36O10/c1-19(2,31-18-17(27)16(26)15(25)13(8-22)30-18)10-4-5-21(29,9-23)12-7-14(24)20(3,28)11(12)6-10/h10-13,15-18,22-23,25-29H,4-9H2,1-3H3/t10-,11+,12-,13+,15+,16-,17+,18-,20+,21+/m1/s1. The van der Waals surface area contributed by atoms with Crippen molar-refractivity contribution < 1.29 is 50.0 Å². The third-order valence-corrected chi connectivity index (χ3v) is 7.86. The number of aliphatic hydroxyl groups is 7. The molecule has 0 aromatic carbocycles. The molecule has 0 radical (unpaired) electrons. The molecule has 0 unspecified atom stereocenters. The van der Waals surface area contributed by atoms with E-state index in [-0.39, 0.29) is 24.5 Å². The van der Waals surface area contributed by atoms with Gasteiger partial charge in [-0.15, -0.1) is 0 Å². The van der Waals surface area contributed by atoms with Gasteiger partial charge in [-0.3, -0.25) is 4.79 Å². The first-order valence-electron chi connectivity index (χ1n) is 10.9. The number of ketones is 1. The first kappa shape index (κ1) is 24.9. The molecule has 180 valence electrons. The molecular formula is C21H36O10. The van der Waals surface area contributed by atoms with Gasteiger partial charge < -0.3 is 45.2 Å². The number of carbonyl (C=O) groups excluding carboxylic acids is 1. The van der Waals surface area contributed by atoms with Gasteiger partial charge in [0.25, 0.3) is 0 Å². The fourth-order valence-electron chi connectivity index (χ4n) is 5.53. The lowest BCUT2D eigenvalue weighted by Crippen LogP contribution is -2.61. The third-order valence-electron chi connectivity index (χ3n) is 7.86. The predicted octanol–water partition coefficient (Wildman–Crippen LogP) is -1.94. The number of aliphatic hydroxyl groups excluding tert-OH is 5. The number of Topliss-reactive ketones (excluding diaryl/α,β-unsaturated/α-hetero) is 1. The molecule has 1 aliphatic heterocycles. The molecule has 0 aromatic rings. The van der Waals surface area contributed by atoms with E-state index in [0.29, 0.717) is 12.8 Å². The van der Waals surface area contributed by atoms with Crippen LogP contribution in [0.15, 0.2) is 0 Å². The van der Waals surface area contributed by atoms with E-state index < -0.39 is 72.6 Å². The van der Waals surface area contributed by atoms with Crippen molar-refractivity contribution in [1.82, 2.24) is 0 Å². The second kappa shape index (κ2) is 8.58. The Bertz CT molecular complexity index is 665. The highest BCUT2D eigenvalue weighted by atomic mass is 16.7. The maximum absolute atomic E-state index is 12.4.